The number of ether oxygens (including phenoxy) is 1. The minimum Gasteiger partial charge on any atom is -0.474 e. The predicted molar refractivity (Wildman–Crippen MR) is 205 cm³/mol. The predicted octanol–water partition coefficient (Wildman–Crippen LogP) is 10.9. The maximum atomic E-state index is 5.73. The molecule has 8 aromatic rings. The summed E-state index contributed by atoms with van der Waals surface area (Å²) in [5.74, 6) is 0.625. The molecule has 0 bridgehead atoms. The van der Waals surface area contributed by atoms with E-state index in [9.17, 15) is 0 Å². The summed E-state index contributed by atoms with van der Waals surface area (Å²) in [5, 5.41) is 4.93. The van der Waals surface area contributed by atoms with E-state index in [4.69, 9.17) is 9.72 Å². The van der Waals surface area contributed by atoms with Gasteiger partial charge in [0, 0.05) is 11.8 Å². The van der Waals surface area contributed by atoms with Crippen LogP contribution in [0.5, 0.6) is 0 Å². The molecule has 0 N–H and O–H groups in total. The molecule has 7 aromatic carbocycles. The summed E-state index contributed by atoms with van der Waals surface area (Å²) in [6.45, 7) is 1.29. The second-order valence-electron chi connectivity index (χ2n) is 13.2. The van der Waals surface area contributed by atoms with Gasteiger partial charge < -0.3 is 4.74 Å². The van der Waals surface area contributed by atoms with E-state index in [-0.39, 0.29) is 0 Å². The smallest absolute Gasteiger partial charge is 0.235 e. The number of pyridine rings is 1. The number of fused-ring (bicyclic) bond motifs is 6. The van der Waals surface area contributed by atoms with Crippen LogP contribution in [0.4, 0.5) is 0 Å². The lowest BCUT2D eigenvalue weighted by Crippen LogP contribution is -2.28. The summed E-state index contributed by atoms with van der Waals surface area (Å²) in [6.07, 6.45) is 1.97. The highest BCUT2D eigenvalue weighted by atomic mass is 16.5. The van der Waals surface area contributed by atoms with E-state index in [1.807, 2.05) is 12.3 Å². The minimum atomic E-state index is -0.557. The van der Waals surface area contributed by atoms with Crippen molar-refractivity contribution in [1.29, 1.82) is 0 Å². The third-order valence-electron chi connectivity index (χ3n) is 10.5. The zero-order valence-electron chi connectivity index (χ0n) is 27.4. The van der Waals surface area contributed by atoms with Crippen LogP contribution < -0.4 is 0 Å². The number of nitrogens with zero attached hydrogens (tertiary/aromatic N) is 2. The summed E-state index contributed by atoms with van der Waals surface area (Å²) in [5.41, 5.74) is 12.5. The summed E-state index contributed by atoms with van der Waals surface area (Å²) in [4.78, 5) is 9.33. The number of hydrogen-bond donors (Lipinski definition) is 0. The molecule has 0 atom stereocenters. The summed E-state index contributed by atoms with van der Waals surface area (Å²) in [7, 11) is 0. The summed E-state index contributed by atoms with van der Waals surface area (Å²) < 4.78 is 5.73. The molecule has 1 aliphatic carbocycles. The van der Waals surface area contributed by atoms with Crippen molar-refractivity contribution in [1.82, 2.24) is 4.98 Å². The SMILES string of the molecule is c1ccc(C2(c3ccccc3)c3cc(-c4ccc5ccccc5c4)ccc3-c3c2cc(-c2ccc(C4=NCCO4)nc2)c2ccccc32)cc1. The quantitative estimate of drug-likeness (QED) is 0.188. The van der Waals surface area contributed by atoms with E-state index in [1.54, 1.807) is 0 Å². The van der Waals surface area contributed by atoms with E-state index in [0.29, 0.717) is 19.0 Å². The summed E-state index contributed by atoms with van der Waals surface area (Å²) in [6, 6.07) is 60.1. The van der Waals surface area contributed by atoms with Gasteiger partial charge in [-0.05, 0) is 95.9 Å². The first-order valence-corrected chi connectivity index (χ1v) is 17.2. The molecule has 1 aromatic heterocycles. The first-order valence-electron chi connectivity index (χ1n) is 17.2. The largest absolute Gasteiger partial charge is 0.474 e. The van der Waals surface area contributed by atoms with Crippen LogP contribution in [0, 0.1) is 0 Å². The summed E-state index contributed by atoms with van der Waals surface area (Å²) >= 11 is 0. The van der Waals surface area contributed by atoms with Crippen LogP contribution in [0.15, 0.2) is 175 Å². The van der Waals surface area contributed by atoms with Gasteiger partial charge in [0.2, 0.25) is 5.90 Å². The monoisotopic (exact) mass is 640 g/mol. The Balaban J connectivity index is 1.28. The van der Waals surface area contributed by atoms with E-state index in [0.717, 1.165) is 16.8 Å². The molecule has 0 saturated carbocycles. The van der Waals surface area contributed by atoms with Crippen molar-refractivity contribution in [2.45, 2.75) is 5.41 Å². The first-order chi connectivity index (χ1) is 24.8. The van der Waals surface area contributed by atoms with Crippen LogP contribution in [0.25, 0.3) is 54.9 Å². The maximum Gasteiger partial charge on any atom is 0.235 e. The second kappa shape index (κ2) is 11.4. The Labute approximate surface area is 291 Å². The molecular weight excluding hydrogens is 609 g/mol. The Morgan fingerprint density at radius 1 is 0.500 bits per heavy atom. The van der Waals surface area contributed by atoms with Crippen molar-refractivity contribution in [2.75, 3.05) is 13.2 Å². The molecule has 0 amide bonds. The van der Waals surface area contributed by atoms with E-state index >= 15 is 0 Å². The fourth-order valence-corrected chi connectivity index (χ4v) is 8.30. The Hall–Kier alpha value is -6.32. The van der Waals surface area contributed by atoms with Gasteiger partial charge in [-0.3, -0.25) is 4.98 Å². The van der Waals surface area contributed by atoms with Crippen LogP contribution in [0.3, 0.4) is 0 Å². The second-order valence-corrected chi connectivity index (χ2v) is 13.2. The topological polar surface area (TPSA) is 34.5 Å². The van der Waals surface area contributed by atoms with Crippen molar-refractivity contribution in [3.63, 3.8) is 0 Å². The van der Waals surface area contributed by atoms with Crippen molar-refractivity contribution in [2.24, 2.45) is 4.99 Å². The molecule has 0 saturated heterocycles. The van der Waals surface area contributed by atoms with E-state index in [2.05, 4.69) is 163 Å². The van der Waals surface area contributed by atoms with Gasteiger partial charge in [-0.15, -0.1) is 0 Å². The average Bonchev–Trinajstić information content (AvgIpc) is 3.84. The van der Waals surface area contributed by atoms with Crippen molar-refractivity contribution >= 4 is 27.4 Å². The lowest BCUT2D eigenvalue weighted by Gasteiger charge is -2.34. The fraction of sp³-hybridized carbons (Fsp3) is 0.0638. The Morgan fingerprint density at radius 3 is 1.88 bits per heavy atom. The van der Waals surface area contributed by atoms with Gasteiger partial charge in [-0.2, -0.15) is 0 Å². The van der Waals surface area contributed by atoms with Gasteiger partial charge in [0.25, 0.3) is 0 Å². The number of aromatic nitrogens is 1. The van der Waals surface area contributed by atoms with Crippen LogP contribution in [0.1, 0.15) is 27.9 Å². The van der Waals surface area contributed by atoms with Gasteiger partial charge in [0.05, 0.1) is 12.0 Å². The maximum absolute atomic E-state index is 5.73. The van der Waals surface area contributed by atoms with Crippen molar-refractivity contribution in [3.05, 3.63) is 198 Å². The zero-order valence-corrected chi connectivity index (χ0v) is 27.4. The van der Waals surface area contributed by atoms with Gasteiger partial charge in [-0.25, -0.2) is 4.99 Å². The highest BCUT2D eigenvalue weighted by Crippen LogP contribution is 2.59. The van der Waals surface area contributed by atoms with Crippen LogP contribution in [0.2, 0.25) is 0 Å². The van der Waals surface area contributed by atoms with E-state index < -0.39 is 5.41 Å². The highest BCUT2D eigenvalue weighted by molar-refractivity contribution is 6.10. The molecule has 2 aliphatic rings. The standard InChI is InChI=1S/C47H32N2O/c1-3-13-36(14-4-1)47(37-15-5-2-6-16-37)42-28-34(33-20-19-31-11-7-8-12-32(31)27-33)21-23-40(42)45-39-18-10-9-17-38(39)41(29-43(45)47)35-22-24-44(49-30-35)46-48-25-26-50-46/h1-24,27-30H,25-26H2. The van der Waals surface area contributed by atoms with Crippen LogP contribution in [-0.2, 0) is 10.2 Å². The molecule has 0 spiro atoms. The lowest BCUT2D eigenvalue weighted by molar-refractivity contribution is 0.347. The Morgan fingerprint density at radius 2 is 1.16 bits per heavy atom. The lowest BCUT2D eigenvalue weighted by atomic mass is 9.67. The number of benzene rings is 7. The molecule has 0 fully saturated rings. The molecule has 10 rings (SSSR count). The van der Waals surface area contributed by atoms with Gasteiger partial charge in [0.1, 0.15) is 12.3 Å². The normalized spacial score (nSPS) is 14.3. The molecule has 236 valence electrons. The average molecular weight is 641 g/mol. The minimum absolute atomic E-state index is 0.557. The zero-order chi connectivity index (χ0) is 33.1. The number of aliphatic imine (C=N–C) groups is 1. The first kappa shape index (κ1) is 28.7. The van der Waals surface area contributed by atoms with Crippen molar-refractivity contribution < 1.29 is 4.74 Å². The van der Waals surface area contributed by atoms with Crippen molar-refractivity contribution in [3.8, 4) is 33.4 Å². The third-order valence-corrected chi connectivity index (χ3v) is 10.5. The molecule has 0 radical (unpaired) electrons. The van der Waals surface area contributed by atoms with Gasteiger partial charge in [0.15, 0.2) is 0 Å². The number of hydrogen-bond acceptors (Lipinski definition) is 3. The molecule has 1 aliphatic heterocycles. The Kier molecular flexibility index (Phi) is 6.53. The fourth-order valence-electron chi connectivity index (χ4n) is 8.30. The Bertz CT molecular complexity index is 2570. The van der Waals surface area contributed by atoms with Gasteiger partial charge >= 0.3 is 0 Å². The highest BCUT2D eigenvalue weighted by Gasteiger charge is 2.47. The molecule has 50 heavy (non-hydrogen) atoms. The number of rotatable bonds is 5. The van der Waals surface area contributed by atoms with Crippen LogP contribution in [-0.4, -0.2) is 24.0 Å². The molecule has 2 heterocycles. The molecular formula is C47H32N2O. The van der Waals surface area contributed by atoms with Gasteiger partial charge in [-0.1, -0.05) is 140 Å². The van der Waals surface area contributed by atoms with E-state index in [1.165, 1.54) is 66.1 Å². The third kappa shape index (κ3) is 4.30. The molecule has 0 unspecified atom stereocenters. The molecule has 3 nitrogen and oxygen atoms in total. The van der Waals surface area contributed by atoms with Crippen LogP contribution >= 0.6 is 0 Å². The molecule has 3 heteroatoms.